The van der Waals surface area contributed by atoms with Crippen LogP contribution in [0.15, 0.2) is 30.5 Å². The second-order valence-corrected chi connectivity index (χ2v) is 4.50. The molecule has 1 atom stereocenters. The summed E-state index contributed by atoms with van der Waals surface area (Å²) in [5.41, 5.74) is 9.20. The lowest BCUT2D eigenvalue weighted by Crippen LogP contribution is -2.35. The van der Waals surface area contributed by atoms with Crippen molar-refractivity contribution >= 4 is 16.6 Å². The quantitative estimate of drug-likeness (QED) is 0.878. The Morgan fingerprint density at radius 2 is 2.12 bits per heavy atom. The highest BCUT2D eigenvalue weighted by atomic mass is 15.1. The van der Waals surface area contributed by atoms with Gasteiger partial charge in [0, 0.05) is 36.9 Å². The Kier molecular flexibility index (Phi) is 3.29. The predicted molar refractivity (Wildman–Crippen MR) is 73.4 cm³/mol. The van der Waals surface area contributed by atoms with Crippen molar-refractivity contribution in [3.8, 4) is 0 Å². The van der Waals surface area contributed by atoms with Crippen LogP contribution >= 0.6 is 0 Å². The molecule has 17 heavy (non-hydrogen) atoms. The summed E-state index contributed by atoms with van der Waals surface area (Å²) in [5.74, 6) is 0. The average Bonchev–Trinajstić information content (AvgIpc) is 2.37. The van der Waals surface area contributed by atoms with Gasteiger partial charge in [0.05, 0.1) is 5.52 Å². The molecule has 0 amide bonds. The molecule has 2 N–H and O–H groups in total. The molecule has 3 heteroatoms. The molecule has 0 fully saturated rings. The van der Waals surface area contributed by atoms with Gasteiger partial charge in [-0.25, -0.2) is 0 Å². The van der Waals surface area contributed by atoms with E-state index in [-0.39, 0.29) is 0 Å². The number of likely N-dealkylation sites (N-methyl/N-ethyl adjacent to an activating group) is 1. The summed E-state index contributed by atoms with van der Waals surface area (Å²) in [4.78, 5) is 6.66. The molecule has 1 aromatic carbocycles. The second kappa shape index (κ2) is 4.72. The average molecular weight is 229 g/mol. The van der Waals surface area contributed by atoms with Gasteiger partial charge in [-0.15, -0.1) is 0 Å². The molecule has 0 aliphatic carbocycles. The molecular weight excluding hydrogens is 210 g/mol. The van der Waals surface area contributed by atoms with Crippen molar-refractivity contribution in [1.82, 2.24) is 4.98 Å². The van der Waals surface area contributed by atoms with Crippen LogP contribution in [0.4, 0.5) is 5.69 Å². The van der Waals surface area contributed by atoms with Crippen molar-refractivity contribution in [3.63, 3.8) is 0 Å². The van der Waals surface area contributed by atoms with E-state index in [1.165, 1.54) is 16.6 Å². The molecule has 1 aromatic heterocycles. The lowest BCUT2D eigenvalue weighted by atomic mass is 10.1. The fourth-order valence-corrected chi connectivity index (χ4v) is 2.01. The Morgan fingerprint density at radius 3 is 2.82 bits per heavy atom. The number of nitrogens with zero attached hydrogens (tertiary/aromatic N) is 2. The van der Waals surface area contributed by atoms with Gasteiger partial charge in [-0.3, -0.25) is 4.98 Å². The summed E-state index contributed by atoms with van der Waals surface area (Å²) < 4.78 is 0. The number of aryl methyl sites for hydroxylation is 1. The van der Waals surface area contributed by atoms with Crippen LogP contribution in [0.3, 0.4) is 0 Å². The highest BCUT2D eigenvalue weighted by Crippen LogP contribution is 2.27. The third kappa shape index (κ3) is 2.11. The number of aromatic nitrogens is 1. The van der Waals surface area contributed by atoms with Crippen molar-refractivity contribution in [2.45, 2.75) is 19.9 Å². The zero-order valence-electron chi connectivity index (χ0n) is 10.6. The first-order valence-corrected chi connectivity index (χ1v) is 5.92. The van der Waals surface area contributed by atoms with E-state index in [0.717, 1.165) is 5.52 Å². The van der Waals surface area contributed by atoms with Crippen LogP contribution in [0.2, 0.25) is 0 Å². The number of fused-ring (bicyclic) bond motifs is 1. The minimum Gasteiger partial charge on any atom is -0.370 e. The van der Waals surface area contributed by atoms with E-state index >= 15 is 0 Å². The Bertz CT molecular complexity index is 522. The van der Waals surface area contributed by atoms with Crippen LogP contribution in [0.25, 0.3) is 10.9 Å². The van der Waals surface area contributed by atoms with Gasteiger partial charge in [-0.2, -0.15) is 0 Å². The van der Waals surface area contributed by atoms with Gasteiger partial charge in [0.25, 0.3) is 0 Å². The Balaban J connectivity index is 2.58. The zero-order chi connectivity index (χ0) is 12.4. The third-order valence-electron chi connectivity index (χ3n) is 3.33. The number of hydrogen-bond donors (Lipinski definition) is 1. The number of benzene rings is 1. The first-order valence-electron chi connectivity index (χ1n) is 5.92. The Morgan fingerprint density at radius 1 is 1.35 bits per heavy atom. The molecule has 2 aromatic rings. The van der Waals surface area contributed by atoms with E-state index in [9.17, 15) is 0 Å². The number of hydrogen-bond acceptors (Lipinski definition) is 3. The largest absolute Gasteiger partial charge is 0.370 e. The molecule has 3 nitrogen and oxygen atoms in total. The summed E-state index contributed by atoms with van der Waals surface area (Å²) in [6.07, 6.45) is 1.87. The Hall–Kier alpha value is -1.61. The number of anilines is 1. The van der Waals surface area contributed by atoms with E-state index in [0.29, 0.717) is 12.6 Å². The second-order valence-electron chi connectivity index (χ2n) is 4.50. The summed E-state index contributed by atoms with van der Waals surface area (Å²) in [6.45, 7) is 4.86. The SMILES string of the molecule is Cc1cccc2c(N(C)C(C)CN)ccnc12. The number of rotatable bonds is 3. The van der Waals surface area contributed by atoms with Crippen molar-refractivity contribution in [1.29, 1.82) is 0 Å². The highest BCUT2D eigenvalue weighted by Gasteiger charge is 2.12. The summed E-state index contributed by atoms with van der Waals surface area (Å²) >= 11 is 0. The van der Waals surface area contributed by atoms with Crippen molar-refractivity contribution in [3.05, 3.63) is 36.0 Å². The van der Waals surface area contributed by atoms with Crippen LogP contribution in [-0.4, -0.2) is 24.6 Å². The van der Waals surface area contributed by atoms with Crippen LogP contribution in [0, 0.1) is 6.92 Å². The highest BCUT2D eigenvalue weighted by molar-refractivity contribution is 5.93. The minimum atomic E-state index is 0.320. The van der Waals surface area contributed by atoms with Gasteiger partial charge in [-0.1, -0.05) is 18.2 Å². The molecule has 90 valence electrons. The maximum Gasteiger partial charge on any atom is 0.0751 e. The third-order valence-corrected chi connectivity index (χ3v) is 3.33. The van der Waals surface area contributed by atoms with Crippen molar-refractivity contribution in [2.75, 3.05) is 18.5 Å². The summed E-state index contributed by atoms with van der Waals surface area (Å²) in [7, 11) is 2.08. The van der Waals surface area contributed by atoms with E-state index in [4.69, 9.17) is 5.73 Å². The lowest BCUT2D eigenvalue weighted by molar-refractivity contribution is 0.697. The molecule has 0 saturated carbocycles. The van der Waals surface area contributed by atoms with E-state index in [2.05, 4.69) is 49.0 Å². The van der Waals surface area contributed by atoms with Crippen LogP contribution in [-0.2, 0) is 0 Å². The Labute approximate surface area is 102 Å². The molecular formula is C14H19N3. The van der Waals surface area contributed by atoms with Gasteiger partial charge in [0.15, 0.2) is 0 Å². The molecule has 0 spiro atoms. The molecule has 0 aliphatic rings. The first kappa shape index (κ1) is 11.9. The maximum atomic E-state index is 5.73. The molecule has 0 bridgehead atoms. The topological polar surface area (TPSA) is 42.1 Å². The van der Waals surface area contributed by atoms with Gasteiger partial charge >= 0.3 is 0 Å². The number of nitrogens with two attached hydrogens (primary N) is 1. The van der Waals surface area contributed by atoms with E-state index in [1.807, 2.05) is 12.3 Å². The predicted octanol–water partition coefficient (Wildman–Crippen LogP) is 2.33. The normalized spacial score (nSPS) is 12.7. The zero-order valence-corrected chi connectivity index (χ0v) is 10.6. The van der Waals surface area contributed by atoms with E-state index in [1.54, 1.807) is 0 Å². The molecule has 1 heterocycles. The summed E-state index contributed by atoms with van der Waals surface area (Å²) in [5, 5.41) is 1.19. The monoisotopic (exact) mass is 229 g/mol. The van der Waals surface area contributed by atoms with Gasteiger partial charge in [0.1, 0.15) is 0 Å². The van der Waals surface area contributed by atoms with Gasteiger partial charge in [0.2, 0.25) is 0 Å². The smallest absolute Gasteiger partial charge is 0.0751 e. The lowest BCUT2D eigenvalue weighted by Gasteiger charge is -2.27. The fourth-order valence-electron chi connectivity index (χ4n) is 2.01. The molecule has 2 rings (SSSR count). The summed E-state index contributed by atoms with van der Waals surface area (Å²) in [6, 6.07) is 8.65. The molecule has 0 aliphatic heterocycles. The van der Waals surface area contributed by atoms with Crippen molar-refractivity contribution < 1.29 is 0 Å². The standard InChI is InChI=1S/C14H19N3/c1-10-5-4-6-12-13(7-8-16-14(10)12)17(3)11(2)9-15/h4-8,11H,9,15H2,1-3H3. The van der Waals surface area contributed by atoms with E-state index < -0.39 is 0 Å². The number of pyridine rings is 1. The van der Waals surface area contributed by atoms with Gasteiger partial charge < -0.3 is 10.6 Å². The molecule has 1 unspecified atom stereocenters. The molecule has 0 saturated heterocycles. The van der Waals surface area contributed by atoms with Gasteiger partial charge in [-0.05, 0) is 25.5 Å². The van der Waals surface area contributed by atoms with Crippen LogP contribution in [0.1, 0.15) is 12.5 Å². The number of para-hydroxylation sites is 1. The van der Waals surface area contributed by atoms with Crippen LogP contribution < -0.4 is 10.6 Å². The minimum absolute atomic E-state index is 0.320. The molecule has 0 radical (unpaired) electrons. The van der Waals surface area contributed by atoms with Crippen LogP contribution in [0.5, 0.6) is 0 Å². The first-order chi connectivity index (χ1) is 8.15. The van der Waals surface area contributed by atoms with Crippen molar-refractivity contribution in [2.24, 2.45) is 5.73 Å². The fraction of sp³-hybridized carbons (Fsp3) is 0.357. The maximum absolute atomic E-state index is 5.73.